The molecule has 104 valence electrons. The molecule has 21 heavy (non-hydrogen) atoms. The molecule has 0 aromatic heterocycles. The van der Waals surface area contributed by atoms with Gasteiger partial charge >= 0.3 is 0 Å². The summed E-state index contributed by atoms with van der Waals surface area (Å²) < 4.78 is 0. The van der Waals surface area contributed by atoms with Gasteiger partial charge in [-0.05, 0) is 41.1 Å². The molecule has 0 saturated carbocycles. The SMILES string of the molecule is NC(=O)c1ccc(Nc2ccc3ccccc3c2)c(N)c1. The van der Waals surface area contributed by atoms with Gasteiger partial charge in [0.1, 0.15) is 0 Å². The van der Waals surface area contributed by atoms with Gasteiger partial charge in [-0.1, -0.05) is 30.3 Å². The number of rotatable bonds is 3. The van der Waals surface area contributed by atoms with Crippen LogP contribution in [0.15, 0.2) is 60.7 Å². The number of nitrogens with two attached hydrogens (primary N) is 2. The van der Waals surface area contributed by atoms with Crippen LogP contribution in [0.3, 0.4) is 0 Å². The van der Waals surface area contributed by atoms with Crippen molar-refractivity contribution in [3.05, 3.63) is 66.2 Å². The molecule has 0 spiro atoms. The summed E-state index contributed by atoms with van der Waals surface area (Å²) in [6.45, 7) is 0. The van der Waals surface area contributed by atoms with Crippen LogP contribution in [-0.4, -0.2) is 5.91 Å². The molecule has 0 fully saturated rings. The second-order valence-electron chi connectivity index (χ2n) is 4.85. The molecule has 1 amide bonds. The van der Waals surface area contributed by atoms with E-state index in [2.05, 4.69) is 23.5 Å². The highest BCUT2D eigenvalue weighted by atomic mass is 16.1. The Bertz CT molecular complexity index is 827. The van der Waals surface area contributed by atoms with Crippen LogP contribution in [0.25, 0.3) is 10.8 Å². The zero-order chi connectivity index (χ0) is 14.8. The Morgan fingerprint density at radius 1 is 0.905 bits per heavy atom. The Morgan fingerprint density at radius 2 is 1.67 bits per heavy atom. The summed E-state index contributed by atoms with van der Waals surface area (Å²) in [5, 5.41) is 5.58. The van der Waals surface area contributed by atoms with E-state index in [1.807, 2.05) is 24.3 Å². The zero-order valence-corrected chi connectivity index (χ0v) is 11.3. The summed E-state index contributed by atoms with van der Waals surface area (Å²) in [7, 11) is 0. The first-order valence-electron chi connectivity index (χ1n) is 6.58. The molecule has 4 heteroatoms. The van der Waals surface area contributed by atoms with Gasteiger partial charge in [0.05, 0.1) is 11.4 Å². The molecule has 0 bridgehead atoms. The number of hydrogen-bond donors (Lipinski definition) is 3. The van der Waals surface area contributed by atoms with Crippen LogP contribution in [-0.2, 0) is 0 Å². The van der Waals surface area contributed by atoms with Crippen molar-refractivity contribution in [3.8, 4) is 0 Å². The van der Waals surface area contributed by atoms with E-state index < -0.39 is 5.91 Å². The Balaban J connectivity index is 1.93. The minimum absolute atomic E-state index is 0.400. The van der Waals surface area contributed by atoms with Gasteiger partial charge in [0.15, 0.2) is 0 Å². The number of benzene rings is 3. The van der Waals surface area contributed by atoms with Crippen molar-refractivity contribution in [1.82, 2.24) is 0 Å². The quantitative estimate of drug-likeness (QED) is 0.643. The molecule has 0 aliphatic carbocycles. The van der Waals surface area contributed by atoms with E-state index in [1.54, 1.807) is 18.2 Å². The number of nitrogens with one attached hydrogen (secondary N) is 1. The van der Waals surface area contributed by atoms with Crippen LogP contribution in [0, 0.1) is 0 Å². The summed E-state index contributed by atoms with van der Waals surface area (Å²) in [5.41, 5.74) is 13.8. The monoisotopic (exact) mass is 277 g/mol. The van der Waals surface area contributed by atoms with E-state index in [4.69, 9.17) is 11.5 Å². The molecule has 4 nitrogen and oxygen atoms in total. The normalized spacial score (nSPS) is 10.5. The van der Waals surface area contributed by atoms with Gasteiger partial charge in [0.2, 0.25) is 5.91 Å². The fourth-order valence-corrected chi connectivity index (χ4v) is 2.25. The molecular weight excluding hydrogens is 262 g/mol. The largest absolute Gasteiger partial charge is 0.397 e. The van der Waals surface area contributed by atoms with Gasteiger partial charge in [-0.3, -0.25) is 4.79 Å². The predicted octanol–water partition coefficient (Wildman–Crippen LogP) is 3.26. The second-order valence-corrected chi connectivity index (χ2v) is 4.85. The van der Waals surface area contributed by atoms with Crippen LogP contribution in [0.1, 0.15) is 10.4 Å². The van der Waals surface area contributed by atoms with Gasteiger partial charge in [-0.25, -0.2) is 0 Å². The Hall–Kier alpha value is -3.01. The summed E-state index contributed by atoms with van der Waals surface area (Å²) in [6.07, 6.45) is 0. The van der Waals surface area contributed by atoms with E-state index in [-0.39, 0.29) is 0 Å². The molecule has 0 heterocycles. The lowest BCUT2D eigenvalue weighted by Crippen LogP contribution is -2.11. The van der Waals surface area contributed by atoms with E-state index in [9.17, 15) is 4.79 Å². The molecule has 0 saturated heterocycles. The van der Waals surface area contributed by atoms with Gasteiger partial charge in [-0.2, -0.15) is 0 Å². The molecular formula is C17H15N3O. The lowest BCUT2D eigenvalue weighted by atomic mass is 10.1. The third-order valence-corrected chi connectivity index (χ3v) is 3.36. The number of nitrogen functional groups attached to an aromatic ring is 1. The van der Waals surface area contributed by atoms with E-state index in [0.717, 1.165) is 16.8 Å². The number of carbonyl (C=O) groups is 1. The van der Waals surface area contributed by atoms with Crippen molar-refractivity contribution >= 4 is 33.7 Å². The molecule has 0 atom stereocenters. The van der Waals surface area contributed by atoms with Crippen molar-refractivity contribution in [2.24, 2.45) is 5.73 Å². The Labute approximate surface area is 122 Å². The number of hydrogen-bond acceptors (Lipinski definition) is 3. The van der Waals surface area contributed by atoms with Gasteiger partial charge < -0.3 is 16.8 Å². The minimum atomic E-state index is -0.487. The third-order valence-electron chi connectivity index (χ3n) is 3.36. The average molecular weight is 277 g/mol. The number of carbonyl (C=O) groups excluding carboxylic acids is 1. The molecule has 0 radical (unpaired) electrons. The lowest BCUT2D eigenvalue weighted by molar-refractivity contribution is 0.100. The topological polar surface area (TPSA) is 81.1 Å². The molecule has 0 unspecified atom stereocenters. The maximum absolute atomic E-state index is 11.1. The number of anilines is 3. The second kappa shape index (κ2) is 5.17. The molecule has 0 aliphatic heterocycles. The standard InChI is InChI=1S/C17H15N3O/c18-15-10-13(17(19)21)6-8-16(15)20-14-7-5-11-3-1-2-4-12(11)9-14/h1-10,20H,18H2,(H2,19,21). The maximum Gasteiger partial charge on any atom is 0.248 e. The first-order valence-corrected chi connectivity index (χ1v) is 6.58. The summed E-state index contributed by atoms with van der Waals surface area (Å²) in [4.78, 5) is 11.1. The van der Waals surface area contributed by atoms with Crippen molar-refractivity contribution in [3.63, 3.8) is 0 Å². The predicted molar refractivity (Wildman–Crippen MR) is 86.6 cm³/mol. The van der Waals surface area contributed by atoms with Gasteiger partial charge in [-0.15, -0.1) is 0 Å². The average Bonchev–Trinajstić information content (AvgIpc) is 2.49. The Kier molecular flexibility index (Phi) is 3.20. The first-order chi connectivity index (χ1) is 10.1. The van der Waals surface area contributed by atoms with E-state index >= 15 is 0 Å². The van der Waals surface area contributed by atoms with Crippen LogP contribution in [0.4, 0.5) is 17.1 Å². The van der Waals surface area contributed by atoms with Crippen molar-refractivity contribution in [2.75, 3.05) is 11.1 Å². The Morgan fingerprint density at radius 3 is 2.38 bits per heavy atom. The van der Waals surface area contributed by atoms with Crippen molar-refractivity contribution in [1.29, 1.82) is 0 Å². The highest BCUT2D eigenvalue weighted by Crippen LogP contribution is 2.26. The lowest BCUT2D eigenvalue weighted by Gasteiger charge is -2.11. The maximum atomic E-state index is 11.1. The number of amides is 1. The molecule has 3 aromatic carbocycles. The van der Waals surface area contributed by atoms with Crippen LogP contribution < -0.4 is 16.8 Å². The van der Waals surface area contributed by atoms with Crippen LogP contribution >= 0.6 is 0 Å². The summed E-state index contributed by atoms with van der Waals surface area (Å²) in [6, 6.07) is 19.2. The minimum Gasteiger partial charge on any atom is -0.397 e. The molecule has 5 N–H and O–H groups in total. The smallest absolute Gasteiger partial charge is 0.248 e. The molecule has 0 aliphatic rings. The number of primary amides is 1. The zero-order valence-electron chi connectivity index (χ0n) is 11.3. The van der Waals surface area contributed by atoms with E-state index in [1.165, 1.54) is 5.39 Å². The van der Waals surface area contributed by atoms with Crippen LogP contribution in [0.5, 0.6) is 0 Å². The van der Waals surface area contributed by atoms with Crippen molar-refractivity contribution < 1.29 is 4.79 Å². The van der Waals surface area contributed by atoms with Crippen LogP contribution in [0.2, 0.25) is 0 Å². The highest BCUT2D eigenvalue weighted by molar-refractivity contribution is 5.95. The van der Waals surface area contributed by atoms with Crippen molar-refractivity contribution in [2.45, 2.75) is 0 Å². The van der Waals surface area contributed by atoms with Gasteiger partial charge in [0, 0.05) is 11.3 Å². The highest BCUT2D eigenvalue weighted by Gasteiger charge is 2.05. The third kappa shape index (κ3) is 2.65. The molecule has 3 aromatic rings. The van der Waals surface area contributed by atoms with E-state index in [0.29, 0.717) is 11.3 Å². The summed E-state index contributed by atoms with van der Waals surface area (Å²) >= 11 is 0. The molecule has 3 rings (SSSR count). The summed E-state index contributed by atoms with van der Waals surface area (Å²) in [5.74, 6) is -0.487. The fraction of sp³-hybridized carbons (Fsp3) is 0. The fourth-order valence-electron chi connectivity index (χ4n) is 2.25. The number of fused-ring (bicyclic) bond motifs is 1. The van der Waals surface area contributed by atoms with Gasteiger partial charge in [0.25, 0.3) is 0 Å². The first kappa shape index (κ1) is 13.0.